The lowest BCUT2D eigenvalue weighted by Crippen LogP contribution is -2.14. The zero-order valence-corrected chi connectivity index (χ0v) is 19.7. The van der Waals surface area contributed by atoms with Crippen LogP contribution in [0.2, 0.25) is 0 Å². The molecule has 0 aliphatic carbocycles. The molecule has 0 unspecified atom stereocenters. The molecule has 0 saturated heterocycles. The zero-order chi connectivity index (χ0) is 21.4. The molecule has 2 aromatic carbocycles. The molecule has 2 aromatic heterocycles. The molecule has 4 aromatic rings. The van der Waals surface area contributed by atoms with Crippen LogP contribution in [-0.4, -0.2) is 9.97 Å². The van der Waals surface area contributed by atoms with E-state index in [1.54, 1.807) is 11.8 Å². The molecule has 1 aliphatic heterocycles. The first-order valence-electron chi connectivity index (χ1n) is 10.6. The van der Waals surface area contributed by atoms with E-state index in [9.17, 15) is 0 Å². The van der Waals surface area contributed by atoms with Gasteiger partial charge in [0.2, 0.25) is 0 Å². The smallest absolute Gasteiger partial charge is 0.111 e. The highest BCUT2D eigenvalue weighted by atomic mass is 32.2. The molecule has 3 heteroatoms. The molecule has 0 atom stereocenters. The molecule has 0 radical (unpaired) electrons. The standard InChI is InChI=1S/C27H28N2S/c1-15-14-28-24-17-13-16-9-8-10-19(27(5,6)7)23(16)29-25(17)30-20-12-11-18(26(2,3)4)21(15)22(20)24/h8-14H,1-7H3. The maximum Gasteiger partial charge on any atom is 0.111 e. The number of pyridine rings is 2. The van der Waals surface area contributed by atoms with Gasteiger partial charge in [-0.25, -0.2) is 4.98 Å². The van der Waals surface area contributed by atoms with E-state index in [-0.39, 0.29) is 10.8 Å². The Morgan fingerprint density at radius 3 is 2.27 bits per heavy atom. The van der Waals surface area contributed by atoms with Crippen LogP contribution in [0.3, 0.4) is 0 Å². The van der Waals surface area contributed by atoms with Crippen molar-refractivity contribution in [2.75, 3.05) is 0 Å². The number of para-hydroxylation sites is 1. The topological polar surface area (TPSA) is 25.8 Å². The lowest BCUT2D eigenvalue weighted by Gasteiger charge is -2.27. The Balaban J connectivity index is 1.87. The highest BCUT2D eigenvalue weighted by Gasteiger charge is 2.28. The fraction of sp³-hybridized carbons (Fsp3) is 0.333. The molecule has 152 valence electrons. The Kier molecular flexibility index (Phi) is 4.11. The minimum atomic E-state index is 0.0506. The molecule has 0 spiro atoms. The van der Waals surface area contributed by atoms with Crippen molar-refractivity contribution >= 4 is 33.4 Å². The third-order valence-corrected chi connectivity index (χ3v) is 7.14. The number of benzene rings is 2. The number of aromatic nitrogens is 2. The van der Waals surface area contributed by atoms with Gasteiger partial charge < -0.3 is 0 Å². The Hall–Kier alpha value is -2.39. The first-order chi connectivity index (χ1) is 14.1. The van der Waals surface area contributed by atoms with Crippen LogP contribution >= 0.6 is 11.8 Å². The Morgan fingerprint density at radius 1 is 0.833 bits per heavy atom. The largest absolute Gasteiger partial charge is 0.255 e. The van der Waals surface area contributed by atoms with Gasteiger partial charge in [-0.1, -0.05) is 77.6 Å². The summed E-state index contributed by atoms with van der Waals surface area (Å²) in [4.78, 5) is 11.4. The summed E-state index contributed by atoms with van der Waals surface area (Å²) < 4.78 is 0. The summed E-state index contributed by atoms with van der Waals surface area (Å²) in [6, 6.07) is 13.4. The van der Waals surface area contributed by atoms with Crippen LogP contribution in [0.1, 0.15) is 58.2 Å². The lowest BCUT2D eigenvalue weighted by molar-refractivity contribution is 0.594. The average Bonchev–Trinajstić information content (AvgIpc) is 2.66. The number of hydrogen-bond donors (Lipinski definition) is 0. The molecule has 30 heavy (non-hydrogen) atoms. The van der Waals surface area contributed by atoms with Crippen molar-refractivity contribution in [3.63, 3.8) is 0 Å². The number of fused-ring (bicyclic) bond motifs is 3. The van der Waals surface area contributed by atoms with Crippen molar-refractivity contribution in [2.45, 2.75) is 69.2 Å². The van der Waals surface area contributed by atoms with E-state index in [1.165, 1.54) is 37.7 Å². The number of hydrogen-bond acceptors (Lipinski definition) is 3. The monoisotopic (exact) mass is 412 g/mol. The highest BCUT2D eigenvalue weighted by Crippen LogP contribution is 2.49. The van der Waals surface area contributed by atoms with Crippen LogP contribution in [0.15, 0.2) is 52.5 Å². The molecule has 0 amide bonds. The van der Waals surface area contributed by atoms with Gasteiger partial charge in [0, 0.05) is 27.4 Å². The average molecular weight is 413 g/mol. The fourth-order valence-electron chi connectivity index (χ4n) is 4.57. The van der Waals surface area contributed by atoms with Crippen molar-refractivity contribution < 1.29 is 0 Å². The van der Waals surface area contributed by atoms with Crippen LogP contribution in [0.5, 0.6) is 0 Å². The molecular formula is C27H28N2S. The maximum absolute atomic E-state index is 5.18. The Bertz CT molecular complexity index is 1340. The summed E-state index contributed by atoms with van der Waals surface area (Å²) in [7, 11) is 0. The molecule has 0 N–H and O–H groups in total. The zero-order valence-electron chi connectivity index (χ0n) is 18.8. The molecular weight excluding hydrogens is 384 g/mol. The number of rotatable bonds is 0. The minimum absolute atomic E-state index is 0.0506. The van der Waals surface area contributed by atoms with Gasteiger partial charge in [0.15, 0.2) is 0 Å². The predicted octanol–water partition coefficient (Wildman–Crippen LogP) is 7.82. The minimum Gasteiger partial charge on any atom is -0.255 e. The molecule has 3 heterocycles. The van der Waals surface area contributed by atoms with E-state index in [4.69, 9.17) is 9.97 Å². The molecule has 0 fully saturated rings. The number of aryl methyl sites for hydroxylation is 1. The van der Waals surface area contributed by atoms with E-state index in [0.29, 0.717) is 0 Å². The van der Waals surface area contributed by atoms with Gasteiger partial charge in [-0.2, -0.15) is 0 Å². The summed E-state index contributed by atoms with van der Waals surface area (Å²) in [5.41, 5.74) is 7.38. The molecule has 0 bridgehead atoms. The first kappa shape index (κ1) is 19.6. The second-order valence-electron chi connectivity index (χ2n) is 10.5. The van der Waals surface area contributed by atoms with Crippen LogP contribution in [0.4, 0.5) is 0 Å². The van der Waals surface area contributed by atoms with Crippen molar-refractivity contribution in [3.05, 3.63) is 59.3 Å². The van der Waals surface area contributed by atoms with Gasteiger partial charge in [-0.15, -0.1) is 0 Å². The van der Waals surface area contributed by atoms with E-state index in [0.717, 1.165) is 21.8 Å². The van der Waals surface area contributed by atoms with Crippen LogP contribution < -0.4 is 0 Å². The highest BCUT2D eigenvalue weighted by molar-refractivity contribution is 7.99. The van der Waals surface area contributed by atoms with Crippen molar-refractivity contribution in [3.8, 4) is 11.3 Å². The molecule has 5 rings (SSSR count). The van der Waals surface area contributed by atoms with Crippen LogP contribution in [0, 0.1) is 6.92 Å². The van der Waals surface area contributed by atoms with Gasteiger partial charge >= 0.3 is 0 Å². The summed E-state index contributed by atoms with van der Waals surface area (Å²) in [6.45, 7) is 15.8. The van der Waals surface area contributed by atoms with Gasteiger partial charge in [0.25, 0.3) is 0 Å². The summed E-state index contributed by atoms with van der Waals surface area (Å²) in [6.07, 6.45) is 2.03. The van der Waals surface area contributed by atoms with Crippen molar-refractivity contribution in [1.29, 1.82) is 0 Å². The Morgan fingerprint density at radius 2 is 1.57 bits per heavy atom. The molecule has 2 nitrogen and oxygen atoms in total. The van der Waals surface area contributed by atoms with Gasteiger partial charge in [-0.05, 0) is 52.0 Å². The maximum atomic E-state index is 5.18. The molecule has 1 aliphatic rings. The van der Waals surface area contributed by atoms with Gasteiger partial charge in [0.1, 0.15) is 5.03 Å². The summed E-state index contributed by atoms with van der Waals surface area (Å²) >= 11 is 1.79. The van der Waals surface area contributed by atoms with Crippen LogP contribution in [0.25, 0.3) is 32.9 Å². The van der Waals surface area contributed by atoms with Crippen LogP contribution in [-0.2, 0) is 10.8 Å². The van der Waals surface area contributed by atoms with Gasteiger partial charge in [0.05, 0.1) is 11.2 Å². The third kappa shape index (κ3) is 2.86. The van der Waals surface area contributed by atoms with E-state index < -0.39 is 0 Å². The first-order valence-corrected chi connectivity index (χ1v) is 11.4. The third-order valence-electron chi connectivity index (χ3n) is 6.07. The quantitative estimate of drug-likeness (QED) is 0.259. The second kappa shape index (κ2) is 6.31. The number of nitrogens with zero attached hydrogens (tertiary/aromatic N) is 2. The molecule has 0 saturated carbocycles. The summed E-state index contributed by atoms with van der Waals surface area (Å²) in [5, 5.41) is 4.89. The van der Waals surface area contributed by atoms with E-state index in [2.05, 4.69) is 84.9 Å². The Labute approximate surface area is 183 Å². The van der Waals surface area contributed by atoms with Crippen molar-refractivity contribution in [2.24, 2.45) is 0 Å². The lowest BCUT2D eigenvalue weighted by atomic mass is 9.82. The summed E-state index contributed by atoms with van der Waals surface area (Å²) in [5.74, 6) is 0. The van der Waals surface area contributed by atoms with Crippen molar-refractivity contribution in [1.82, 2.24) is 9.97 Å². The second-order valence-corrected chi connectivity index (χ2v) is 11.5. The van der Waals surface area contributed by atoms with Gasteiger partial charge in [-0.3, -0.25) is 4.98 Å². The SMILES string of the molecule is Cc1cnc2c3c(ccc(C(C)(C)C)c13)Sc1nc3c(C(C)(C)C)cccc3cc1-2. The fourth-order valence-corrected chi connectivity index (χ4v) is 5.62. The van der Waals surface area contributed by atoms with E-state index >= 15 is 0 Å². The normalized spacial score (nSPS) is 13.7. The van der Waals surface area contributed by atoms with E-state index in [1.807, 2.05) is 6.20 Å². The predicted molar refractivity (Wildman–Crippen MR) is 129 cm³/mol.